The molecule has 2 aromatic carbocycles. The van der Waals surface area contributed by atoms with Crippen molar-refractivity contribution in [2.24, 2.45) is 0 Å². The number of rotatable bonds is 6. The second-order valence-electron chi connectivity index (χ2n) is 7.82. The molecule has 0 bridgehead atoms. The van der Waals surface area contributed by atoms with Crippen LogP contribution in [0.5, 0.6) is 0 Å². The maximum absolute atomic E-state index is 12.7. The molecule has 7 nitrogen and oxygen atoms in total. The number of morpholine rings is 1. The first-order valence-corrected chi connectivity index (χ1v) is 13.3. The fourth-order valence-electron chi connectivity index (χ4n) is 4.03. The monoisotopic (exact) mass is 509 g/mol. The van der Waals surface area contributed by atoms with E-state index in [9.17, 15) is 13.2 Å². The summed E-state index contributed by atoms with van der Waals surface area (Å²) in [5.74, 6) is -0.442. The maximum atomic E-state index is 12.7. The number of hydrogen-bond donors (Lipinski definition) is 0. The molecule has 1 aliphatic rings. The topological polar surface area (TPSA) is 82.1 Å². The summed E-state index contributed by atoms with van der Waals surface area (Å²) in [6, 6.07) is 11.5. The number of ether oxygens (including phenoxy) is 2. The molecule has 0 saturated carbocycles. The highest BCUT2D eigenvalue weighted by molar-refractivity contribution is 7.85. The van der Waals surface area contributed by atoms with E-state index in [2.05, 4.69) is 0 Å². The van der Waals surface area contributed by atoms with E-state index in [-0.39, 0.29) is 6.61 Å². The quantitative estimate of drug-likeness (QED) is 0.357. The van der Waals surface area contributed by atoms with Gasteiger partial charge in [0, 0.05) is 38.6 Å². The van der Waals surface area contributed by atoms with Gasteiger partial charge in [-0.15, -0.1) is 11.3 Å². The van der Waals surface area contributed by atoms with Gasteiger partial charge >= 0.3 is 5.97 Å². The molecule has 0 unspecified atom stereocenters. The minimum absolute atomic E-state index is 0.0797. The highest BCUT2D eigenvalue weighted by Crippen LogP contribution is 2.41. The van der Waals surface area contributed by atoms with Gasteiger partial charge in [0.2, 0.25) is 0 Å². The van der Waals surface area contributed by atoms with Crippen LogP contribution in [0, 0.1) is 6.92 Å². The molecule has 176 valence electrons. The zero-order chi connectivity index (χ0) is 23.8. The lowest BCUT2D eigenvalue weighted by Crippen LogP contribution is -2.45. The highest BCUT2D eigenvalue weighted by atomic mass is 35.5. The summed E-state index contributed by atoms with van der Waals surface area (Å²) < 4.78 is 39.4. The van der Waals surface area contributed by atoms with Crippen molar-refractivity contribution in [1.82, 2.24) is 0 Å². The van der Waals surface area contributed by atoms with Gasteiger partial charge in [0.25, 0.3) is 10.1 Å². The van der Waals surface area contributed by atoms with Crippen molar-refractivity contribution >= 4 is 54.8 Å². The van der Waals surface area contributed by atoms with E-state index >= 15 is 0 Å². The summed E-state index contributed by atoms with van der Waals surface area (Å²) in [4.78, 5) is 15.9. The molecule has 1 saturated heterocycles. The molecule has 4 rings (SSSR count). The van der Waals surface area contributed by atoms with E-state index < -0.39 is 22.2 Å². The number of methoxy groups -OCH3 is 1. The molecule has 2 heterocycles. The van der Waals surface area contributed by atoms with Crippen molar-refractivity contribution < 1.29 is 26.9 Å². The lowest BCUT2D eigenvalue weighted by molar-refractivity contribution is 0.0118. The summed E-state index contributed by atoms with van der Waals surface area (Å²) in [6.07, 6.45) is 0.567. The van der Waals surface area contributed by atoms with Crippen LogP contribution in [0.1, 0.15) is 15.2 Å². The molecule has 1 fully saturated rings. The lowest BCUT2D eigenvalue weighted by atomic mass is 9.98. The Kier molecular flexibility index (Phi) is 6.97. The van der Waals surface area contributed by atoms with Crippen LogP contribution >= 0.6 is 22.9 Å². The number of thiophene rings is 1. The van der Waals surface area contributed by atoms with Gasteiger partial charge in [-0.1, -0.05) is 23.7 Å². The fraction of sp³-hybridized carbons (Fsp3) is 0.348. The second kappa shape index (κ2) is 9.60. The third kappa shape index (κ3) is 5.33. The van der Waals surface area contributed by atoms with Gasteiger partial charge in [-0.25, -0.2) is 4.79 Å². The van der Waals surface area contributed by atoms with E-state index in [4.69, 9.17) is 25.3 Å². The minimum Gasteiger partial charge on any atom is -0.465 e. The van der Waals surface area contributed by atoms with Crippen LogP contribution in [0.25, 0.3) is 21.2 Å². The van der Waals surface area contributed by atoms with Crippen LogP contribution in [0.2, 0.25) is 5.02 Å². The maximum Gasteiger partial charge on any atom is 0.339 e. The zero-order valence-electron chi connectivity index (χ0n) is 18.5. The van der Waals surface area contributed by atoms with E-state index in [1.165, 1.54) is 7.11 Å². The molecule has 1 atom stereocenters. The molecular formula is C23H24ClNO6S2. The fourth-order valence-corrected chi connectivity index (χ4v) is 5.79. The van der Waals surface area contributed by atoms with E-state index in [0.717, 1.165) is 32.3 Å². The van der Waals surface area contributed by atoms with Crippen molar-refractivity contribution in [3.8, 4) is 11.1 Å². The van der Waals surface area contributed by atoms with Crippen molar-refractivity contribution in [2.75, 3.05) is 44.6 Å². The minimum atomic E-state index is -3.57. The Morgan fingerprint density at radius 2 is 2.06 bits per heavy atom. The number of nitrogens with zero attached hydrogens (tertiary/aromatic N) is 1. The molecule has 0 spiro atoms. The van der Waals surface area contributed by atoms with Gasteiger partial charge < -0.3 is 14.4 Å². The van der Waals surface area contributed by atoms with E-state index in [1.807, 2.05) is 48.2 Å². The zero-order valence-corrected chi connectivity index (χ0v) is 20.8. The predicted octanol–water partition coefficient (Wildman–Crippen LogP) is 4.50. The Morgan fingerprint density at radius 3 is 2.79 bits per heavy atom. The van der Waals surface area contributed by atoms with Gasteiger partial charge in [-0.05, 0) is 36.8 Å². The normalized spacial score (nSPS) is 16.8. The first kappa shape index (κ1) is 24.0. The van der Waals surface area contributed by atoms with Gasteiger partial charge in [0.05, 0.1) is 43.9 Å². The molecule has 0 aliphatic carbocycles. The van der Waals surface area contributed by atoms with Crippen LogP contribution in [0.3, 0.4) is 0 Å². The van der Waals surface area contributed by atoms with Crippen LogP contribution in [-0.2, 0) is 23.8 Å². The average molecular weight is 510 g/mol. The number of hydrogen-bond acceptors (Lipinski definition) is 8. The van der Waals surface area contributed by atoms with Crippen LogP contribution in [0.15, 0.2) is 36.4 Å². The van der Waals surface area contributed by atoms with Crippen molar-refractivity contribution in [3.63, 3.8) is 0 Å². The largest absolute Gasteiger partial charge is 0.465 e. The summed E-state index contributed by atoms with van der Waals surface area (Å²) in [7, 11) is -2.21. The summed E-state index contributed by atoms with van der Waals surface area (Å²) in [6.45, 7) is 3.29. The Balaban J connectivity index is 1.70. The van der Waals surface area contributed by atoms with Crippen LogP contribution in [0.4, 0.5) is 5.69 Å². The van der Waals surface area contributed by atoms with Crippen molar-refractivity contribution in [2.45, 2.75) is 13.0 Å². The number of halogens is 1. The number of aryl methyl sites for hydroxylation is 1. The van der Waals surface area contributed by atoms with Gasteiger partial charge in [0.1, 0.15) is 0 Å². The molecule has 1 aromatic heterocycles. The number of benzene rings is 2. The smallest absolute Gasteiger partial charge is 0.339 e. The summed E-state index contributed by atoms with van der Waals surface area (Å²) >= 11 is 7.82. The summed E-state index contributed by atoms with van der Waals surface area (Å²) in [5, 5.41) is 1.76. The number of anilines is 1. The standard InChI is InChI=1S/C23H24ClNO6S2/c1-14-22(18-6-5-16(24)11-21(18)32-14)15-4-7-20(19(10-15)23(26)29-2)25-8-9-30-17(12-25)13-31-33(3,27)28/h4-7,10-11,17H,8-9,12-13H2,1-3H3/t17-/m0/s1. The molecule has 1 aliphatic heterocycles. The van der Waals surface area contributed by atoms with Crippen molar-refractivity contribution in [1.29, 1.82) is 0 Å². The molecule has 0 N–H and O–H groups in total. The number of carbonyl (C=O) groups is 1. The highest BCUT2D eigenvalue weighted by Gasteiger charge is 2.26. The molecule has 0 radical (unpaired) electrons. The Bertz CT molecular complexity index is 1300. The predicted molar refractivity (Wildman–Crippen MR) is 131 cm³/mol. The van der Waals surface area contributed by atoms with E-state index in [1.54, 1.807) is 11.3 Å². The molecule has 33 heavy (non-hydrogen) atoms. The molecule has 10 heteroatoms. The van der Waals surface area contributed by atoms with Gasteiger partial charge in [-0.2, -0.15) is 8.42 Å². The van der Waals surface area contributed by atoms with Gasteiger partial charge in [-0.3, -0.25) is 4.18 Å². The SMILES string of the molecule is COC(=O)c1cc(-c2c(C)sc3cc(Cl)ccc23)ccc1N1CCO[C@H](COS(C)(=O)=O)C1. The third-order valence-electron chi connectivity index (χ3n) is 5.47. The van der Waals surface area contributed by atoms with E-state index in [0.29, 0.717) is 36.0 Å². The second-order valence-corrected chi connectivity index (χ2v) is 11.2. The Morgan fingerprint density at radius 1 is 1.27 bits per heavy atom. The third-order valence-corrected chi connectivity index (χ3v) is 7.33. The van der Waals surface area contributed by atoms with Crippen molar-refractivity contribution in [3.05, 3.63) is 51.9 Å². The Hall–Kier alpha value is -2.17. The number of esters is 1. The first-order chi connectivity index (χ1) is 15.7. The van der Waals surface area contributed by atoms with Crippen LogP contribution in [-0.4, -0.2) is 60.2 Å². The molecular weight excluding hydrogens is 486 g/mol. The molecule has 0 amide bonds. The summed E-state index contributed by atoms with van der Waals surface area (Å²) in [5.41, 5.74) is 3.12. The van der Waals surface area contributed by atoms with Crippen LogP contribution < -0.4 is 4.90 Å². The number of fused-ring (bicyclic) bond motifs is 1. The average Bonchev–Trinajstić information content (AvgIpc) is 3.11. The number of carbonyl (C=O) groups excluding carboxylic acids is 1. The first-order valence-electron chi connectivity index (χ1n) is 10.3. The Labute approximate surface area is 201 Å². The molecule has 3 aromatic rings. The lowest BCUT2D eigenvalue weighted by Gasteiger charge is -2.35. The van der Waals surface area contributed by atoms with Gasteiger partial charge in [0.15, 0.2) is 0 Å².